The first-order valence-corrected chi connectivity index (χ1v) is 7.22. The van der Waals surface area contributed by atoms with Crippen molar-refractivity contribution in [3.8, 4) is 11.5 Å². The van der Waals surface area contributed by atoms with Gasteiger partial charge in [0.15, 0.2) is 0 Å². The highest BCUT2D eigenvalue weighted by Gasteiger charge is 2.01. The number of anilines is 1. The van der Waals surface area contributed by atoms with Gasteiger partial charge in [-0.15, -0.1) is 0 Å². The van der Waals surface area contributed by atoms with Crippen molar-refractivity contribution in [1.29, 1.82) is 0 Å². The molecule has 112 valence electrons. The van der Waals surface area contributed by atoms with Crippen LogP contribution in [0.3, 0.4) is 0 Å². The summed E-state index contributed by atoms with van der Waals surface area (Å²) in [6, 6.07) is 7.58. The van der Waals surface area contributed by atoms with Gasteiger partial charge in [0.2, 0.25) is 0 Å². The number of aromatic nitrogens is 2. The number of ether oxygens (including phenoxy) is 2. The van der Waals surface area contributed by atoms with E-state index in [1.54, 1.807) is 12.4 Å². The van der Waals surface area contributed by atoms with E-state index in [0.717, 1.165) is 36.0 Å². The molecular weight excluding hydrogens is 266 g/mol. The summed E-state index contributed by atoms with van der Waals surface area (Å²) in [4.78, 5) is 8.62. The third kappa shape index (κ3) is 4.95. The molecule has 0 unspecified atom stereocenters. The van der Waals surface area contributed by atoms with Crippen LogP contribution in [0.5, 0.6) is 11.5 Å². The minimum atomic E-state index is 0.386. The van der Waals surface area contributed by atoms with Crippen LogP contribution < -0.4 is 14.8 Å². The highest BCUT2D eigenvalue weighted by atomic mass is 16.5. The maximum Gasteiger partial charge on any atom is 0.144 e. The van der Waals surface area contributed by atoms with Crippen LogP contribution in [-0.2, 0) is 6.61 Å². The van der Waals surface area contributed by atoms with Gasteiger partial charge in [-0.2, -0.15) is 0 Å². The van der Waals surface area contributed by atoms with Crippen molar-refractivity contribution < 1.29 is 9.47 Å². The highest BCUT2D eigenvalue weighted by molar-refractivity contribution is 5.33. The lowest BCUT2D eigenvalue weighted by molar-refractivity contribution is 0.295. The van der Waals surface area contributed by atoms with Gasteiger partial charge in [0, 0.05) is 12.6 Å². The van der Waals surface area contributed by atoms with Crippen molar-refractivity contribution in [2.24, 2.45) is 0 Å². The molecule has 0 aliphatic rings. The molecule has 5 heteroatoms. The molecule has 2 rings (SSSR count). The Labute approximate surface area is 125 Å². The number of hydrogen-bond donors (Lipinski definition) is 1. The molecule has 0 saturated carbocycles. The summed E-state index contributed by atoms with van der Waals surface area (Å²) in [5.74, 6) is 2.36. The van der Waals surface area contributed by atoms with Gasteiger partial charge >= 0.3 is 0 Å². The summed E-state index contributed by atoms with van der Waals surface area (Å²) in [6.07, 6.45) is 4.51. The van der Waals surface area contributed by atoms with E-state index in [2.05, 4.69) is 22.2 Å². The Kier molecular flexibility index (Phi) is 5.82. The molecule has 1 aromatic carbocycles. The monoisotopic (exact) mass is 287 g/mol. The van der Waals surface area contributed by atoms with Crippen LogP contribution >= 0.6 is 0 Å². The molecule has 0 bridgehead atoms. The summed E-state index contributed by atoms with van der Waals surface area (Å²) in [5.41, 5.74) is 0.791. The molecule has 0 fully saturated rings. The number of nitrogens with zero attached hydrogens (tertiary/aromatic N) is 2. The van der Waals surface area contributed by atoms with Gasteiger partial charge in [-0.3, -0.25) is 4.98 Å². The lowest BCUT2D eigenvalue weighted by Crippen LogP contribution is -2.04. The van der Waals surface area contributed by atoms with E-state index in [4.69, 9.17) is 9.47 Å². The van der Waals surface area contributed by atoms with Crippen LogP contribution in [0.4, 0.5) is 5.82 Å². The topological polar surface area (TPSA) is 56.3 Å². The van der Waals surface area contributed by atoms with Crippen LogP contribution in [0, 0.1) is 0 Å². The van der Waals surface area contributed by atoms with E-state index in [-0.39, 0.29) is 0 Å². The number of benzene rings is 1. The van der Waals surface area contributed by atoms with Gasteiger partial charge in [0.1, 0.15) is 23.9 Å². The minimum Gasteiger partial charge on any atom is -0.494 e. The lowest BCUT2D eigenvalue weighted by Gasteiger charge is -2.08. The first-order valence-electron chi connectivity index (χ1n) is 7.22. The fourth-order valence-electron chi connectivity index (χ4n) is 1.75. The SMILES string of the molecule is CCCNc1cnc(COc2cccc(OCC)c2)cn1. The summed E-state index contributed by atoms with van der Waals surface area (Å²) < 4.78 is 11.1. The van der Waals surface area contributed by atoms with E-state index < -0.39 is 0 Å². The maximum atomic E-state index is 5.70. The molecule has 0 aliphatic carbocycles. The zero-order valence-electron chi connectivity index (χ0n) is 12.5. The normalized spacial score (nSPS) is 10.2. The molecule has 0 atom stereocenters. The van der Waals surface area contributed by atoms with Crippen LogP contribution in [0.2, 0.25) is 0 Å². The first-order chi connectivity index (χ1) is 10.3. The third-order valence-corrected chi connectivity index (χ3v) is 2.76. The van der Waals surface area contributed by atoms with E-state index in [0.29, 0.717) is 13.2 Å². The standard InChI is InChI=1S/C16H21N3O2/c1-3-8-17-16-11-18-13(10-19-16)12-21-15-7-5-6-14(9-15)20-4-2/h5-7,9-11H,3-4,8,12H2,1-2H3,(H,17,19). The van der Waals surface area contributed by atoms with Gasteiger partial charge in [0.05, 0.1) is 24.7 Å². The Hall–Kier alpha value is -2.30. The molecule has 1 aromatic heterocycles. The zero-order valence-corrected chi connectivity index (χ0v) is 12.5. The fourth-order valence-corrected chi connectivity index (χ4v) is 1.75. The summed E-state index contributed by atoms with van der Waals surface area (Å²) in [6.45, 7) is 5.99. The molecule has 2 aromatic rings. The molecule has 0 spiro atoms. The average Bonchev–Trinajstić information content (AvgIpc) is 2.53. The van der Waals surface area contributed by atoms with Crippen LogP contribution in [0.1, 0.15) is 26.0 Å². The Morgan fingerprint density at radius 1 is 1.05 bits per heavy atom. The highest BCUT2D eigenvalue weighted by Crippen LogP contribution is 2.20. The van der Waals surface area contributed by atoms with Crippen LogP contribution in [0.15, 0.2) is 36.7 Å². The summed E-state index contributed by atoms with van der Waals surface area (Å²) in [7, 11) is 0. The minimum absolute atomic E-state index is 0.386. The summed E-state index contributed by atoms with van der Waals surface area (Å²) in [5, 5.41) is 3.19. The molecular formula is C16H21N3O2. The smallest absolute Gasteiger partial charge is 0.144 e. The predicted molar refractivity (Wildman–Crippen MR) is 82.8 cm³/mol. The molecule has 0 radical (unpaired) electrons. The molecule has 0 amide bonds. The Bertz CT molecular complexity index is 543. The quantitative estimate of drug-likeness (QED) is 0.807. The van der Waals surface area contributed by atoms with Crippen molar-refractivity contribution in [2.75, 3.05) is 18.5 Å². The van der Waals surface area contributed by atoms with Crippen LogP contribution in [0.25, 0.3) is 0 Å². The third-order valence-electron chi connectivity index (χ3n) is 2.76. The maximum absolute atomic E-state index is 5.70. The van der Waals surface area contributed by atoms with Crippen molar-refractivity contribution in [3.63, 3.8) is 0 Å². The zero-order chi connectivity index (χ0) is 14.9. The van der Waals surface area contributed by atoms with Gasteiger partial charge in [-0.25, -0.2) is 4.98 Å². The number of nitrogens with one attached hydrogen (secondary N) is 1. The molecule has 0 aliphatic heterocycles. The Morgan fingerprint density at radius 3 is 2.52 bits per heavy atom. The second kappa shape index (κ2) is 8.09. The van der Waals surface area contributed by atoms with Crippen molar-refractivity contribution in [1.82, 2.24) is 9.97 Å². The second-order valence-electron chi connectivity index (χ2n) is 4.52. The predicted octanol–water partition coefficient (Wildman–Crippen LogP) is 3.28. The molecule has 21 heavy (non-hydrogen) atoms. The van der Waals surface area contributed by atoms with Crippen LogP contribution in [-0.4, -0.2) is 23.1 Å². The van der Waals surface area contributed by atoms with Crippen molar-refractivity contribution in [3.05, 3.63) is 42.4 Å². The van der Waals surface area contributed by atoms with E-state index in [1.165, 1.54) is 0 Å². The van der Waals surface area contributed by atoms with Crippen molar-refractivity contribution >= 4 is 5.82 Å². The molecule has 1 heterocycles. The summed E-state index contributed by atoms with van der Waals surface area (Å²) >= 11 is 0. The average molecular weight is 287 g/mol. The van der Waals surface area contributed by atoms with Gasteiger partial charge in [0.25, 0.3) is 0 Å². The first kappa shape index (κ1) is 15.1. The fraction of sp³-hybridized carbons (Fsp3) is 0.375. The van der Waals surface area contributed by atoms with Gasteiger partial charge < -0.3 is 14.8 Å². The van der Waals surface area contributed by atoms with Crippen molar-refractivity contribution in [2.45, 2.75) is 26.9 Å². The van der Waals surface area contributed by atoms with E-state index >= 15 is 0 Å². The molecule has 5 nitrogen and oxygen atoms in total. The van der Waals surface area contributed by atoms with E-state index in [9.17, 15) is 0 Å². The van der Waals surface area contributed by atoms with E-state index in [1.807, 2.05) is 31.2 Å². The van der Waals surface area contributed by atoms with Gasteiger partial charge in [-0.1, -0.05) is 13.0 Å². The number of rotatable bonds is 8. The number of hydrogen-bond acceptors (Lipinski definition) is 5. The largest absolute Gasteiger partial charge is 0.494 e. The molecule has 0 saturated heterocycles. The Balaban J connectivity index is 1.88. The molecule has 1 N–H and O–H groups in total. The Morgan fingerprint density at radius 2 is 1.86 bits per heavy atom. The second-order valence-corrected chi connectivity index (χ2v) is 4.52. The van der Waals surface area contributed by atoms with Gasteiger partial charge in [-0.05, 0) is 25.5 Å². The lowest BCUT2D eigenvalue weighted by atomic mass is 10.3.